The normalized spacial score (nSPS) is 18.3. The molecule has 1 saturated heterocycles. The third-order valence-electron chi connectivity index (χ3n) is 6.61. The molecule has 1 aliphatic heterocycles. The Morgan fingerprint density at radius 2 is 1.80 bits per heavy atom. The Labute approximate surface area is 212 Å². The Morgan fingerprint density at radius 3 is 2.49 bits per heavy atom. The van der Waals surface area contributed by atoms with Crippen molar-refractivity contribution in [1.82, 2.24) is 9.88 Å². The third kappa shape index (κ3) is 5.57. The summed E-state index contributed by atoms with van der Waals surface area (Å²) in [6, 6.07) is 19.1. The Balaban J connectivity index is 1.67. The molecule has 1 fully saturated rings. The van der Waals surface area contributed by atoms with E-state index in [1.54, 1.807) is 11.0 Å². The van der Waals surface area contributed by atoms with Gasteiger partial charge in [0.1, 0.15) is 5.69 Å². The van der Waals surface area contributed by atoms with E-state index in [-0.39, 0.29) is 29.2 Å². The summed E-state index contributed by atoms with van der Waals surface area (Å²) in [5.41, 5.74) is 3.93. The van der Waals surface area contributed by atoms with E-state index in [1.165, 1.54) is 6.20 Å². The number of hydrogen-bond donors (Lipinski definition) is 1. The lowest BCUT2D eigenvalue weighted by Crippen LogP contribution is -2.46. The number of nitrogens with zero attached hydrogens (tertiary/aromatic N) is 2. The highest BCUT2D eigenvalue weighted by molar-refractivity contribution is 6.30. The lowest BCUT2D eigenvalue weighted by Gasteiger charge is -2.41. The van der Waals surface area contributed by atoms with Crippen LogP contribution in [0.1, 0.15) is 66.8 Å². The standard InChI is InChI=1S/C29H32ClN3O2/c1-19-16-22(30)18-31-25(19)28(35)33-15-9-14-24(26(33)20-10-6-5-7-11-20)27(34)32-23-13-8-12-21(17-23)29(2,3)4/h5-8,10-13,16-18,24,26H,9,14-15H2,1-4H3,(H,32,34)/t24-,26-/m0/s1. The first kappa shape index (κ1) is 24.9. The van der Waals surface area contributed by atoms with Gasteiger partial charge in [-0.25, -0.2) is 4.98 Å². The predicted octanol–water partition coefficient (Wildman–Crippen LogP) is 6.57. The summed E-state index contributed by atoms with van der Waals surface area (Å²) in [5.74, 6) is -0.649. The van der Waals surface area contributed by atoms with Crippen LogP contribution in [0.25, 0.3) is 0 Å². The number of nitrogens with one attached hydrogen (secondary N) is 1. The fraction of sp³-hybridized carbons (Fsp3) is 0.345. The summed E-state index contributed by atoms with van der Waals surface area (Å²) < 4.78 is 0. The Morgan fingerprint density at radius 1 is 1.06 bits per heavy atom. The van der Waals surface area contributed by atoms with Gasteiger partial charge in [0.15, 0.2) is 0 Å². The summed E-state index contributed by atoms with van der Waals surface area (Å²) in [4.78, 5) is 33.5. The zero-order chi connectivity index (χ0) is 25.2. The van der Waals surface area contributed by atoms with Crippen LogP contribution >= 0.6 is 11.6 Å². The number of amides is 2. The van der Waals surface area contributed by atoms with Gasteiger partial charge in [0, 0.05) is 18.4 Å². The smallest absolute Gasteiger partial charge is 0.273 e. The molecule has 1 N–H and O–H groups in total. The van der Waals surface area contributed by atoms with Crippen LogP contribution in [0.4, 0.5) is 5.69 Å². The van der Waals surface area contributed by atoms with E-state index in [1.807, 2.05) is 55.5 Å². The van der Waals surface area contributed by atoms with Crippen LogP contribution in [-0.4, -0.2) is 28.2 Å². The van der Waals surface area contributed by atoms with Crippen LogP contribution in [-0.2, 0) is 10.2 Å². The number of halogens is 1. The minimum absolute atomic E-state index is 0.0230. The average Bonchev–Trinajstić information content (AvgIpc) is 2.83. The molecule has 1 aliphatic rings. The summed E-state index contributed by atoms with van der Waals surface area (Å²) in [7, 11) is 0. The van der Waals surface area contributed by atoms with Crippen molar-refractivity contribution in [3.05, 3.63) is 94.3 Å². The molecule has 0 unspecified atom stereocenters. The number of piperidine rings is 1. The van der Waals surface area contributed by atoms with Crippen molar-refractivity contribution < 1.29 is 9.59 Å². The minimum atomic E-state index is -0.389. The molecule has 0 saturated carbocycles. The van der Waals surface area contributed by atoms with Gasteiger partial charge < -0.3 is 10.2 Å². The van der Waals surface area contributed by atoms with Gasteiger partial charge >= 0.3 is 0 Å². The van der Waals surface area contributed by atoms with Crippen LogP contribution in [0.3, 0.4) is 0 Å². The van der Waals surface area contributed by atoms with Gasteiger partial charge in [0.25, 0.3) is 5.91 Å². The molecule has 3 aromatic rings. The number of benzene rings is 2. The summed E-state index contributed by atoms with van der Waals surface area (Å²) in [6.07, 6.45) is 2.93. The maximum Gasteiger partial charge on any atom is 0.273 e. The van der Waals surface area contributed by atoms with Crippen molar-refractivity contribution in [3.63, 3.8) is 0 Å². The number of anilines is 1. The van der Waals surface area contributed by atoms with Gasteiger partial charge in [-0.05, 0) is 60.1 Å². The number of rotatable bonds is 4. The zero-order valence-electron chi connectivity index (χ0n) is 20.7. The highest BCUT2D eigenvalue weighted by Crippen LogP contribution is 2.38. The number of likely N-dealkylation sites (tertiary alicyclic amines) is 1. The second-order valence-electron chi connectivity index (χ2n) is 10.2. The highest BCUT2D eigenvalue weighted by Gasteiger charge is 2.40. The van der Waals surface area contributed by atoms with E-state index in [0.717, 1.165) is 28.8 Å². The number of aromatic nitrogens is 1. The van der Waals surface area contributed by atoms with Gasteiger partial charge in [-0.2, -0.15) is 0 Å². The SMILES string of the molecule is Cc1cc(Cl)cnc1C(=O)N1CCC[C@H](C(=O)Nc2cccc(C(C)(C)C)c2)[C@@H]1c1ccccc1. The monoisotopic (exact) mass is 489 g/mol. The van der Waals surface area contributed by atoms with E-state index >= 15 is 0 Å². The molecule has 0 aliphatic carbocycles. The van der Waals surface area contributed by atoms with Gasteiger partial charge in [0.2, 0.25) is 5.91 Å². The van der Waals surface area contributed by atoms with Gasteiger partial charge in [-0.15, -0.1) is 0 Å². The van der Waals surface area contributed by atoms with Crippen LogP contribution < -0.4 is 5.32 Å². The Bertz CT molecular complexity index is 1220. The molecular weight excluding hydrogens is 458 g/mol. The van der Waals surface area contributed by atoms with Gasteiger partial charge in [-0.1, -0.05) is 74.8 Å². The lowest BCUT2D eigenvalue weighted by molar-refractivity contribution is -0.123. The molecule has 35 heavy (non-hydrogen) atoms. The van der Waals surface area contributed by atoms with Gasteiger partial charge in [0.05, 0.1) is 17.0 Å². The first-order chi connectivity index (χ1) is 16.6. The first-order valence-electron chi connectivity index (χ1n) is 12.0. The lowest BCUT2D eigenvalue weighted by atomic mass is 9.83. The molecule has 1 aromatic heterocycles. The van der Waals surface area contributed by atoms with E-state index in [9.17, 15) is 9.59 Å². The van der Waals surface area contributed by atoms with Crippen molar-refractivity contribution in [1.29, 1.82) is 0 Å². The number of pyridine rings is 1. The molecule has 2 atom stereocenters. The predicted molar refractivity (Wildman–Crippen MR) is 141 cm³/mol. The van der Waals surface area contributed by atoms with Crippen molar-refractivity contribution in [2.75, 3.05) is 11.9 Å². The minimum Gasteiger partial charge on any atom is -0.329 e. The molecule has 2 amide bonds. The van der Waals surface area contributed by atoms with Crippen molar-refractivity contribution in [3.8, 4) is 0 Å². The quantitative estimate of drug-likeness (QED) is 0.450. The van der Waals surface area contributed by atoms with Gasteiger partial charge in [-0.3, -0.25) is 9.59 Å². The number of carbonyl (C=O) groups excluding carboxylic acids is 2. The summed E-state index contributed by atoms with van der Waals surface area (Å²) in [6.45, 7) is 8.84. The van der Waals surface area contributed by atoms with Crippen LogP contribution in [0.15, 0.2) is 66.9 Å². The van der Waals surface area contributed by atoms with E-state index in [0.29, 0.717) is 23.7 Å². The number of aryl methyl sites for hydroxylation is 1. The van der Waals surface area contributed by atoms with Crippen molar-refractivity contribution in [2.45, 2.75) is 52.0 Å². The van der Waals surface area contributed by atoms with E-state index in [4.69, 9.17) is 11.6 Å². The Hall–Kier alpha value is -3.18. The summed E-state index contributed by atoms with van der Waals surface area (Å²) >= 11 is 6.07. The molecular formula is C29H32ClN3O2. The topological polar surface area (TPSA) is 62.3 Å². The average molecular weight is 490 g/mol. The molecule has 0 spiro atoms. The number of carbonyl (C=O) groups is 2. The number of hydrogen-bond acceptors (Lipinski definition) is 3. The highest BCUT2D eigenvalue weighted by atomic mass is 35.5. The first-order valence-corrected chi connectivity index (χ1v) is 12.4. The molecule has 2 heterocycles. The fourth-order valence-corrected chi connectivity index (χ4v) is 4.97. The molecule has 0 bridgehead atoms. The van der Waals surface area contributed by atoms with E-state index in [2.05, 4.69) is 37.1 Å². The third-order valence-corrected chi connectivity index (χ3v) is 6.82. The van der Waals surface area contributed by atoms with Crippen molar-refractivity contribution in [2.24, 2.45) is 5.92 Å². The fourth-order valence-electron chi connectivity index (χ4n) is 4.76. The molecule has 5 nitrogen and oxygen atoms in total. The van der Waals surface area contributed by atoms with Crippen LogP contribution in [0, 0.1) is 12.8 Å². The van der Waals surface area contributed by atoms with Crippen LogP contribution in [0.5, 0.6) is 0 Å². The largest absolute Gasteiger partial charge is 0.329 e. The molecule has 2 aromatic carbocycles. The maximum absolute atomic E-state index is 13.7. The molecule has 0 radical (unpaired) electrons. The molecule has 4 rings (SSSR count). The Kier molecular flexibility index (Phi) is 7.27. The van der Waals surface area contributed by atoms with Crippen molar-refractivity contribution >= 4 is 29.1 Å². The zero-order valence-corrected chi connectivity index (χ0v) is 21.5. The molecule has 182 valence electrons. The van der Waals surface area contributed by atoms with E-state index < -0.39 is 0 Å². The second-order valence-corrected chi connectivity index (χ2v) is 10.7. The molecule has 6 heteroatoms. The maximum atomic E-state index is 13.7. The summed E-state index contributed by atoms with van der Waals surface area (Å²) in [5, 5.41) is 3.62. The second kappa shape index (κ2) is 10.2. The van der Waals surface area contributed by atoms with Crippen LogP contribution in [0.2, 0.25) is 5.02 Å².